The molecule has 0 radical (unpaired) electrons. The molecule has 2 aromatic carbocycles. The number of halogens is 1. The van der Waals surface area contributed by atoms with Crippen LogP contribution in [0.1, 0.15) is 12.1 Å². The number of amides is 2. The molecule has 9 nitrogen and oxygen atoms in total. The Labute approximate surface area is 218 Å². The maximum Gasteiger partial charge on any atom is 0.241 e. The highest BCUT2D eigenvalue weighted by Crippen LogP contribution is 2.24. The zero-order valence-corrected chi connectivity index (χ0v) is 22.4. The summed E-state index contributed by atoms with van der Waals surface area (Å²) in [7, 11) is -0.0368. The van der Waals surface area contributed by atoms with Crippen LogP contribution in [0.3, 0.4) is 0 Å². The van der Waals surface area contributed by atoms with E-state index in [1.807, 2.05) is 17.0 Å². The second kappa shape index (κ2) is 10.7. The van der Waals surface area contributed by atoms with E-state index in [1.165, 1.54) is 22.3 Å². The van der Waals surface area contributed by atoms with Gasteiger partial charge in [0.1, 0.15) is 6.04 Å². The van der Waals surface area contributed by atoms with Crippen LogP contribution in [0.5, 0.6) is 0 Å². The molecule has 1 aliphatic heterocycles. The highest BCUT2D eigenvalue weighted by Gasteiger charge is 2.34. The summed E-state index contributed by atoms with van der Waals surface area (Å²) in [6.45, 7) is 1.72. The number of hydrogen-bond donors (Lipinski definition) is 1. The lowest BCUT2D eigenvalue weighted by atomic mass is 10.1. The van der Waals surface area contributed by atoms with Crippen LogP contribution in [-0.4, -0.2) is 73.1 Å². The molecule has 1 fully saturated rings. The number of thiazole rings is 1. The highest BCUT2D eigenvalue weighted by atomic mass is 35.5. The molecule has 1 aromatic heterocycles. The predicted octanol–water partition coefficient (Wildman–Crippen LogP) is 1.79. The summed E-state index contributed by atoms with van der Waals surface area (Å²) in [5, 5.41) is 4.16. The zero-order valence-electron chi connectivity index (χ0n) is 20.1. The quantitative estimate of drug-likeness (QED) is 0.482. The first-order chi connectivity index (χ1) is 17.1. The third-order valence-electron chi connectivity index (χ3n) is 6.43. The number of rotatable bonds is 7. The van der Waals surface area contributed by atoms with E-state index in [0.29, 0.717) is 24.7 Å². The minimum absolute atomic E-state index is 0.142. The van der Waals surface area contributed by atoms with E-state index in [-0.39, 0.29) is 23.6 Å². The molecule has 2 amide bonds. The summed E-state index contributed by atoms with van der Waals surface area (Å²) in [6, 6.07) is 9.19. The molecule has 0 bridgehead atoms. The molecule has 2 N–H and O–H groups in total. The van der Waals surface area contributed by atoms with Gasteiger partial charge in [-0.2, -0.15) is 0 Å². The van der Waals surface area contributed by atoms with Crippen LogP contribution in [0.4, 0.5) is 0 Å². The number of hydrogen-bond acceptors (Lipinski definition) is 7. The molecular formula is C24H28ClN5O4S2. The van der Waals surface area contributed by atoms with Gasteiger partial charge in [0.25, 0.3) is 0 Å². The Bertz CT molecular complexity index is 1480. The first-order valence-electron chi connectivity index (χ1n) is 11.4. The van der Waals surface area contributed by atoms with Gasteiger partial charge in [0.15, 0.2) is 14.6 Å². The van der Waals surface area contributed by atoms with E-state index in [0.717, 1.165) is 21.3 Å². The molecule has 0 saturated carbocycles. The molecule has 1 atom stereocenters. The zero-order chi connectivity index (χ0) is 26.0. The molecule has 0 aliphatic carbocycles. The first kappa shape index (κ1) is 26.3. The summed E-state index contributed by atoms with van der Waals surface area (Å²) in [5.74, 6) is -1.37. The number of nitrogens with zero attached hydrogens (tertiary/aromatic N) is 4. The Morgan fingerprint density at radius 2 is 1.89 bits per heavy atom. The molecule has 1 aliphatic rings. The molecule has 3 aromatic rings. The van der Waals surface area contributed by atoms with Crippen molar-refractivity contribution in [2.45, 2.75) is 23.9 Å². The number of carbonyl (C=O) groups excluding carboxylic acids is 2. The van der Waals surface area contributed by atoms with Gasteiger partial charge in [-0.05, 0) is 35.0 Å². The molecule has 1 unspecified atom stereocenters. The van der Waals surface area contributed by atoms with Crippen LogP contribution >= 0.6 is 22.9 Å². The van der Waals surface area contributed by atoms with Crippen LogP contribution in [0.15, 0.2) is 51.7 Å². The standard InChI is InChI=1S/C24H28ClN5O4S2/c1-27-24-28(2)19(15-35-24)13-29-8-9-30(21(14-29)23(26)32)22(31)7-10-36(33,34)20-6-4-16-11-18(25)5-3-17(16)12-20/h3-6,11-12,15,21H,7-10,13-14H2,1-2H3,(H2,26,32)/b27-24-. The van der Waals surface area contributed by atoms with Crippen molar-refractivity contribution in [3.8, 4) is 0 Å². The van der Waals surface area contributed by atoms with Crippen molar-refractivity contribution in [3.63, 3.8) is 0 Å². The molecule has 2 heterocycles. The number of carbonyl (C=O) groups is 2. The lowest BCUT2D eigenvalue weighted by Crippen LogP contribution is -2.59. The van der Waals surface area contributed by atoms with Crippen molar-refractivity contribution in [2.24, 2.45) is 17.8 Å². The van der Waals surface area contributed by atoms with Crippen LogP contribution in [0.2, 0.25) is 5.02 Å². The molecule has 12 heteroatoms. The van der Waals surface area contributed by atoms with Crippen LogP contribution in [0, 0.1) is 0 Å². The summed E-state index contributed by atoms with van der Waals surface area (Å²) in [4.78, 5) is 34.0. The van der Waals surface area contributed by atoms with E-state index >= 15 is 0 Å². The Balaban J connectivity index is 1.42. The summed E-state index contributed by atoms with van der Waals surface area (Å²) >= 11 is 7.54. The lowest BCUT2D eigenvalue weighted by Gasteiger charge is -2.40. The van der Waals surface area contributed by atoms with Crippen LogP contribution in [0.25, 0.3) is 10.8 Å². The Kier molecular flexibility index (Phi) is 7.84. The fourth-order valence-electron chi connectivity index (χ4n) is 4.37. The Morgan fingerprint density at radius 1 is 1.17 bits per heavy atom. The number of aromatic nitrogens is 1. The lowest BCUT2D eigenvalue weighted by molar-refractivity contribution is -0.142. The number of primary amides is 1. The van der Waals surface area contributed by atoms with E-state index in [9.17, 15) is 18.0 Å². The Hall–Kier alpha value is -2.73. The van der Waals surface area contributed by atoms with E-state index in [2.05, 4.69) is 9.89 Å². The molecule has 4 rings (SSSR count). The fraction of sp³-hybridized carbons (Fsp3) is 0.375. The van der Waals surface area contributed by atoms with Crippen molar-refractivity contribution >= 4 is 55.4 Å². The largest absolute Gasteiger partial charge is 0.368 e. The molecule has 192 valence electrons. The van der Waals surface area contributed by atoms with E-state index in [4.69, 9.17) is 17.3 Å². The maximum atomic E-state index is 13.0. The number of nitrogens with two attached hydrogens (primary N) is 1. The van der Waals surface area contributed by atoms with Crippen molar-refractivity contribution in [3.05, 3.63) is 57.3 Å². The number of sulfone groups is 1. The van der Waals surface area contributed by atoms with E-state index < -0.39 is 27.7 Å². The first-order valence-corrected chi connectivity index (χ1v) is 14.3. The average molecular weight is 550 g/mol. The minimum Gasteiger partial charge on any atom is -0.368 e. The normalized spacial score (nSPS) is 17.6. The third-order valence-corrected chi connectivity index (χ3v) is 9.43. The molecule has 0 spiro atoms. The second-order valence-electron chi connectivity index (χ2n) is 8.75. The maximum absolute atomic E-state index is 13.0. The van der Waals surface area contributed by atoms with Gasteiger partial charge in [-0.3, -0.25) is 19.5 Å². The van der Waals surface area contributed by atoms with Crippen molar-refractivity contribution in [1.29, 1.82) is 0 Å². The van der Waals surface area contributed by atoms with Gasteiger partial charge in [0.05, 0.1) is 10.6 Å². The van der Waals surface area contributed by atoms with Crippen LogP contribution < -0.4 is 10.5 Å². The third kappa shape index (κ3) is 5.64. The monoisotopic (exact) mass is 549 g/mol. The van der Waals surface area contributed by atoms with E-state index in [1.54, 1.807) is 37.4 Å². The van der Waals surface area contributed by atoms with Gasteiger partial charge in [-0.1, -0.05) is 23.7 Å². The highest BCUT2D eigenvalue weighted by molar-refractivity contribution is 7.91. The van der Waals surface area contributed by atoms with Crippen molar-refractivity contribution in [2.75, 3.05) is 32.4 Å². The average Bonchev–Trinajstić information content (AvgIpc) is 3.21. The van der Waals surface area contributed by atoms with Crippen molar-refractivity contribution < 1.29 is 18.0 Å². The minimum atomic E-state index is -3.71. The van der Waals surface area contributed by atoms with Gasteiger partial charge in [-0.15, -0.1) is 11.3 Å². The van der Waals surface area contributed by atoms with Crippen molar-refractivity contribution in [1.82, 2.24) is 14.4 Å². The molecule has 36 heavy (non-hydrogen) atoms. The predicted molar refractivity (Wildman–Crippen MR) is 140 cm³/mol. The summed E-state index contributed by atoms with van der Waals surface area (Å²) in [6.07, 6.45) is -0.231. The van der Waals surface area contributed by atoms with Gasteiger partial charge in [0.2, 0.25) is 11.8 Å². The fourth-order valence-corrected chi connectivity index (χ4v) is 6.67. The smallest absolute Gasteiger partial charge is 0.241 e. The molecular weight excluding hydrogens is 522 g/mol. The Morgan fingerprint density at radius 3 is 2.58 bits per heavy atom. The number of benzene rings is 2. The number of piperazine rings is 1. The topological polar surface area (TPSA) is 118 Å². The van der Waals surface area contributed by atoms with Gasteiger partial charge < -0.3 is 15.2 Å². The van der Waals surface area contributed by atoms with Gasteiger partial charge in [-0.25, -0.2) is 8.42 Å². The SMILES string of the molecule is C/N=c1\scc(CN2CCN(C(=O)CCS(=O)(=O)c3ccc4cc(Cl)ccc4c3)C(C(N)=O)C2)n1C. The van der Waals surface area contributed by atoms with Gasteiger partial charge >= 0.3 is 0 Å². The molecule has 1 saturated heterocycles. The summed E-state index contributed by atoms with van der Waals surface area (Å²) in [5.41, 5.74) is 6.69. The number of fused-ring (bicyclic) bond motifs is 1. The summed E-state index contributed by atoms with van der Waals surface area (Å²) < 4.78 is 27.9. The van der Waals surface area contributed by atoms with Crippen LogP contribution in [-0.2, 0) is 33.0 Å². The second-order valence-corrected chi connectivity index (χ2v) is 12.1. The van der Waals surface area contributed by atoms with Gasteiger partial charge in [0, 0.05) is 62.8 Å².